The fourth-order valence-electron chi connectivity index (χ4n) is 4.97. The maximum Gasteiger partial charge on any atom is 0.290 e. The summed E-state index contributed by atoms with van der Waals surface area (Å²) in [5.41, 5.74) is 2.97. The van der Waals surface area contributed by atoms with Crippen LogP contribution in [0.15, 0.2) is 44.4 Å². The molecule has 5 rings (SSSR count). The van der Waals surface area contributed by atoms with Crippen LogP contribution in [0.1, 0.15) is 29.9 Å². The summed E-state index contributed by atoms with van der Waals surface area (Å²) in [6.07, 6.45) is 2.52. The number of furan rings is 1. The minimum absolute atomic E-state index is 0.250. The van der Waals surface area contributed by atoms with Crippen molar-refractivity contribution in [3.63, 3.8) is 0 Å². The van der Waals surface area contributed by atoms with Gasteiger partial charge in [0.2, 0.25) is 0 Å². The molecule has 0 radical (unpaired) electrons. The maximum atomic E-state index is 8.36. The van der Waals surface area contributed by atoms with E-state index in [2.05, 4.69) is 59.9 Å². The van der Waals surface area contributed by atoms with E-state index >= 15 is 0 Å². The van der Waals surface area contributed by atoms with Crippen molar-refractivity contribution in [2.45, 2.75) is 37.3 Å². The Morgan fingerprint density at radius 2 is 2.03 bits per heavy atom. The monoisotopic (exact) mass is 532 g/mol. The number of fused-ring (bicyclic) bond motifs is 1. The summed E-state index contributed by atoms with van der Waals surface area (Å²) in [6.45, 7) is 7.30. The van der Waals surface area contributed by atoms with E-state index in [4.69, 9.17) is 14.3 Å². The van der Waals surface area contributed by atoms with Crippen molar-refractivity contribution in [3.8, 4) is 11.4 Å². The minimum Gasteiger partial charge on any atom is -0.483 e. The number of aromatic nitrogens is 3. The molecule has 9 heteroatoms. The van der Waals surface area contributed by atoms with E-state index in [0.717, 1.165) is 50.8 Å². The van der Waals surface area contributed by atoms with E-state index in [1.165, 1.54) is 31.5 Å². The van der Waals surface area contributed by atoms with Crippen molar-refractivity contribution < 1.29 is 14.3 Å². The number of benzene rings is 1. The number of hydrogen-bond acceptors (Lipinski definition) is 6. The number of carbonyl (C=O) groups is 1. The highest BCUT2D eigenvalue weighted by Crippen LogP contribution is 2.59. The Morgan fingerprint density at radius 3 is 2.70 bits per heavy atom. The van der Waals surface area contributed by atoms with Crippen LogP contribution in [-0.2, 0) is 17.3 Å². The van der Waals surface area contributed by atoms with Crippen LogP contribution in [0.2, 0.25) is 0 Å². The topological polar surface area (TPSA) is 84.4 Å². The van der Waals surface area contributed by atoms with Crippen molar-refractivity contribution in [1.29, 1.82) is 0 Å². The van der Waals surface area contributed by atoms with Gasteiger partial charge in [0.25, 0.3) is 6.47 Å². The molecule has 3 heterocycles. The van der Waals surface area contributed by atoms with Gasteiger partial charge in [0.1, 0.15) is 11.5 Å². The third-order valence-corrected chi connectivity index (χ3v) is 8.24. The molecule has 0 amide bonds. The zero-order valence-corrected chi connectivity index (χ0v) is 21.5. The number of piperidine rings is 1. The summed E-state index contributed by atoms with van der Waals surface area (Å²) < 4.78 is 8.89. The van der Waals surface area contributed by atoms with E-state index in [0.29, 0.717) is 5.41 Å². The molecule has 33 heavy (non-hydrogen) atoms. The lowest BCUT2D eigenvalue weighted by atomic mass is 9.95. The lowest BCUT2D eigenvalue weighted by Gasteiger charge is -2.21. The van der Waals surface area contributed by atoms with E-state index in [-0.39, 0.29) is 6.47 Å². The summed E-state index contributed by atoms with van der Waals surface area (Å²) in [5, 5.41) is 16.7. The molecular weight excluding hydrogens is 504 g/mol. The Labute approximate surface area is 206 Å². The molecule has 1 saturated carbocycles. The summed E-state index contributed by atoms with van der Waals surface area (Å²) in [4.78, 5) is 11.0. The molecule has 0 bridgehead atoms. The third kappa shape index (κ3) is 5.05. The maximum absolute atomic E-state index is 8.36. The number of nitrogens with zero attached hydrogens (tertiary/aromatic N) is 4. The summed E-state index contributed by atoms with van der Waals surface area (Å²) in [5.74, 6) is 4.58. The second-order valence-electron chi connectivity index (χ2n) is 8.80. The van der Waals surface area contributed by atoms with Crippen LogP contribution >= 0.6 is 27.7 Å². The lowest BCUT2D eigenvalue weighted by Crippen LogP contribution is -2.27. The van der Waals surface area contributed by atoms with Gasteiger partial charge < -0.3 is 19.0 Å². The average Bonchev–Trinajstić information content (AvgIpc) is 3.02. The van der Waals surface area contributed by atoms with Gasteiger partial charge in [-0.2, -0.15) is 0 Å². The molecule has 1 aliphatic heterocycles. The summed E-state index contributed by atoms with van der Waals surface area (Å²) >= 11 is 5.35. The lowest BCUT2D eigenvalue weighted by molar-refractivity contribution is -0.122. The largest absolute Gasteiger partial charge is 0.483 e. The quantitative estimate of drug-likeness (QED) is 0.263. The molecule has 0 spiro atoms. The second-order valence-corrected chi connectivity index (χ2v) is 10.8. The number of hydrogen-bond donors (Lipinski definition) is 1. The van der Waals surface area contributed by atoms with E-state index < -0.39 is 0 Å². The Kier molecular flexibility index (Phi) is 7.31. The molecule has 2 aliphatic rings. The highest BCUT2D eigenvalue weighted by atomic mass is 79.9. The molecule has 176 valence electrons. The zero-order valence-electron chi connectivity index (χ0n) is 19.1. The smallest absolute Gasteiger partial charge is 0.290 e. The number of rotatable bonds is 7. The number of likely N-dealkylation sites (tertiary alicyclic amines) is 1. The minimum atomic E-state index is -0.250. The Morgan fingerprint density at radius 1 is 1.30 bits per heavy atom. The highest BCUT2D eigenvalue weighted by Gasteiger charge is 2.60. The first kappa shape index (κ1) is 24.0. The van der Waals surface area contributed by atoms with Gasteiger partial charge in [-0.25, -0.2) is 0 Å². The number of carboxylic acid groups (broad SMARTS) is 1. The van der Waals surface area contributed by atoms with E-state index in [1.807, 2.05) is 27.0 Å². The highest BCUT2D eigenvalue weighted by molar-refractivity contribution is 9.10. The van der Waals surface area contributed by atoms with Crippen molar-refractivity contribution in [1.82, 2.24) is 19.7 Å². The first-order valence-electron chi connectivity index (χ1n) is 11.0. The third-order valence-electron chi connectivity index (χ3n) is 6.60. The normalized spacial score (nSPS) is 21.4. The van der Waals surface area contributed by atoms with Crippen LogP contribution in [0.4, 0.5) is 0 Å². The molecular formula is C24H29BrN4O3S. The Balaban J connectivity index is 0.000000821. The van der Waals surface area contributed by atoms with Gasteiger partial charge in [-0.3, -0.25) is 4.79 Å². The first-order valence-corrected chi connectivity index (χ1v) is 12.8. The van der Waals surface area contributed by atoms with Gasteiger partial charge in [-0.1, -0.05) is 39.8 Å². The molecule has 1 saturated heterocycles. The van der Waals surface area contributed by atoms with Crippen molar-refractivity contribution in [3.05, 3.63) is 51.9 Å². The van der Waals surface area contributed by atoms with Crippen molar-refractivity contribution in [2.24, 2.45) is 13.0 Å². The van der Waals surface area contributed by atoms with Crippen LogP contribution < -0.4 is 0 Å². The fraction of sp³-hybridized carbons (Fsp3) is 0.458. The van der Waals surface area contributed by atoms with E-state index in [9.17, 15) is 0 Å². The molecule has 1 aromatic carbocycles. The fourth-order valence-corrected chi connectivity index (χ4v) is 6.06. The molecule has 1 N–H and O–H groups in total. The van der Waals surface area contributed by atoms with Crippen LogP contribution in [0.3, 0.4) is 0 Å². The summed E-state index contributed by atoms with van der Waals surface area (Å²) in [6, 6.07) is 11.0. The standard InChI is InChI=1S/C23H27BrN4OS.CH2O2/c1-15-11-20(16(2)29-15)21-25-26-22(27(21)3)30-10-4-9-28-13-18-12-23(18,14-28)17-5-7-19(24)8-6-17;2-1-3/h5-8,11,18H,4,9-10,12-14H2,1-3H3;1H,(H,2,3)/t18-,23?;/m0./s1. The predicted octanol–water partition coefficient (Wildman–Crippen LogP) is 4.91. The van der Waals surface area contributed by atoms with Crippen LogP contribution in [-0.4, -0.2) is 56.6 Å². The molecule has 2 fully saturated rings. The van der Waals surface area contributed by atoms with Gasteiger partial charge in [0.15, 0.2) is 11.0 Å². The van der Waals surface area contributed by atoms with Gasteiger partial charge in [-0.05, 0) is 62.9 Å². The molecule has 7 nitrogen and oxygen atoms in total. The summed E-state index contributed by atoms with van der Waals surface area (Å²) in [7, 11) is 2.04. The van der Waals surface area contributed by atoms with Gasteiger partial charge in [0, 0.05) is 35.8 Å². The Hall–Kier alpha value is -2.10. The van der Waals surface area contributed by atoms with Gasteiger partial charge in [0.05, 0.1) is 5.56 Å². The second kappa shape index (κ2) is 10.0. The van der Waals surface area contributed by atoms with Crippen LogP contribution in [0.5, 0.6) is 0 Å². The average molecular weight is 533 g/mol. The van der Waals surface area contributed by atoms with Crippen molar-refractivity contribution in [2.75, 3.05) is 25.4 Å². The molecule has 2 aromatic heterocycles. The van der Waals surface area contributed by atoms with E-state index in [1.54, 1.807) is 11.8 Å². The molecule has 2 atom stereocenters. The zero-order chi connectivity index (χ0) is 23.6. The predicted molar refractivity (Wildman–Crippen MR) is 133 cm³/mol. The van der Waals surface area contributed by atoms with Crippen LogP contribution in [0, 0.1) is 19.8 Å². The molecule has 1 unspecified atom stereocenters. The van der Waals surface area contributed by atoms with Gasteiger partial charge in [-0.15, -0.1) is 10.2 Å². The molecule has 3 aromatic rings. The SMILES string of the molecule is Cc1cc(-c2nnc(SCCCN3C[C@@H]4CC4(c4ccc(Br)cc4)C3)n2C)c(C)o1.O=CO. The number of thioether (sulfide) groups is 1. The number of aryl methyl sites for hydroxylation is 2. The first-order chi connectivity index (χ1) is 15.9. The molecule has 1 aliphatic carbocycles. The van der Waals surface area contributed by atoms with Crippen molar-refractivity contribution >= 4 is 34.2 Å². The van der Waals surface area contributed by atoms with Crippen LogP contribution in [0.25, 0.3) is 11.4 Å². The Bertz CT molecular complexity index is 1110. The van der Waals surface area contributed by atoms with Gasteiger partial charge >= 0.3 is 0 Å². The number of halogens is 1.